The average molecular weight is 432 g/mol. The predicted molar refractivity (Wildman–Crippen MR) is 97.6 cm³/mol. The molecule has 0 N–H and O–H groups in total. The molecule has 0 bridgehead atoms. The van der Waals surface area contributed by atoms with Crippen LogP contribution in [0.2, 0.25) is 0 Å². The molecule has 0 saturated carbocycles. The van der Waals surface area contributed by atoms with Crippen molar-refractivity contribution in [2.75, 3.05) is 45.3 Å². The van der Waals surface area contributed by atoms with Gasteiger partial charge in [-0.15, -0.1) is 0 Å². The fraction of sp³-hybridized carbons (Fsp3) is 0.412. The fourth-order valence-electron chi connectivity index (χ4n) is 2.87. The van der Waals surface area contributed by atoms with Crippen LogP contribution in [0.4, 0.5) is 19.0 Å². The molecule has 1 fully saturated rings. The number of rotatable bonds is 5. The van der Waals surface area contributed by atoms with E-state index in [0.29, 0.717) is 24.8 Å². The van der Waals surface area contributed by atoms with Gasteiger partial charge in [0.15, 0.2) is 0 Å². The first-order valence-corrected chi connectivity index (χ1v) is 9.98. The molecule has 0 unspecified atom stereocenters. The second kappa shape index (κ2) is 8.03. The van der Waals surface area contributed by atoms with Crippen LogP contribution in [-0.4, -0.2) is 63.1 Å². The number of alkyl halides is 3. The Morgan fingerprint density at radius 3 is 2.10 bits per heavy atom. The lowest BCUT2D eigenvalue weighted by atomic mass is 10.2. The Labute approximate surface area is 165 Å². The maximum atomic E-state index is 12.8. The van der Waals surface area contributed by atoms with Crippen molar-refractivity contribution in [3.63, 3.8) is 0 Å². The molecule has 2 heterocycles. The quantitative estimate of drug-likeness (QED) is 0.715. The van der Waals surface area contributed by atoms with Crippen molar-refractivity contribution in [2.24, 2.45) is 0 Å². The summed E-state index contributed by atoms with van der Waals surface area (Å²) in [5, 5.41) is 0. The number of anilines is 1. The zero-order chi connectivity index (χ0) is 21.2. The number of aromatic nitrogens is 2. The van der Waals surface area contributed by atoms with E-state index in [4.69, 9.17) is 9.47 Å². The Hall–Kier alpha value is -2.60. The highest BCUT2D eigenvalue weighted by atomic mass is 32.2. The summed E-state index contributed by atoms with van der Waals surface area (Å²) in [6.07, 6.45) is -4.52. The molecule has 1 aliphatic heterocycles. The van der Waals surface area contributed by atoms with Crippen LogP contribution in [0.3, 0.4) is 0 Å². The largest absolute Gasteiger partial charge is 0.481 e. The van der Waals surface area contributed by atoms with Gasteiger partial charge in [-0.3, -0.25) is 0 Å². The second-order valence-corrected chi connectivity index (χ2v) is 8.11. The summed E-state index contributed by atoms with van der Waals surface area (Å²) in [5.74, 6) is 0.840. The zero-order valence-electron chi connectivity index (χ0n) is 15.7. The van der Waals surface area contributed by atoms with E-state index in [-0.39, 0.29) is 24.0 Å². The number of hydrogen-bond donors (Lipinski definition) is 0. The molecule has 12 heteroatoms. The molecule has 0 aliphatic carbocycles. The van der Waals surface area contributed by atoms with Crippen LogP contribution >= 0.6 is 0 Å². The normalized spacial score (nSPS) is 16.0. The molecule has 8 nitrogen and oxygen atoms in total. The summed E-state index contributed by atoms with van der Waals surface area (Å²) < 4.78 is 75.0. The molecular weight excluding hydrogens is 413 g/mol. The number of benzene rings is 1. The number of halogens is 3. The van der Waals surface area contributed by atoms with Crippen LogP contribution in [0.1, 0.15) is 5.56 Å². The van der Waals surface area contributed by atoms with Crippen LogP contribution < -0.4 is 14.4 Å². The summed E-state index contributed by atoms with van der Waals surface area (Å²) in [4.78, 5) is 9.93. The second-order valence-electron chi connectivity index (χ2n) is 6.17. The van der Waals surface area contributed by atoms with Crippen molar-refractivity contribution in [3.8, 4) is 11.9 Å². The average Bonchev–Trinajstić information content (AvgIpc) is 2.72. The molecule has 0 spiro atoms. The van der Waals surface area contributed by atoms with Gasteiger partial charge in [0.25, 0.3) is 0 Å². The SMILES string of the molecule is COc1cc(N2CCN(S(=O)(=O)c3ccc(C(F)(F)F)cc3)CC2)nc(OC)n1. The minimum Gasteiger partial charge on any atom is -0.481 e. The third kappa shape index (κ3) is 4.53. The van der Waals surface area contributed by atoms with Gasteiger partial charge in [-0.05, 0) is 24.3 Å². The number of methoxy groups -OCH3 is 2. The molecular formula is C17H19F3N4O4S. The maximum Gasteiger partial charge on any atom is 0.416 e. The Kier molecular flexibility index (Phi) is 5.85. The standard InChI is InChI=1S/C17H19F3N4O4S/c1-27-15-11-14(21-16(22-15)28-2)23-7-9-24(10-8-23)29(25,26)13-5-3-12(4-6-13)17(18,19)20/h3-6,11H,7-10H2,1-2H3. The lowest BCUT2D eigenvalue weighted by Crippen LogP contribution is -2.49. The molecule has 1 aliphatic rings. The summed E-state index contributed by atoms with van der Waals surface area (Å²) in [5.41, 5.74) is -0.895. The smallest absolute Gasteiger partial charge is 0.416 e. The van der Waals surface area contributed by atoms with E-state index < -0.39 is 21.8 Å². The van der Waals surface area contributed by atoms with Gasteiger partial charge in [0.05, 0.1) is 24.7 Å². The van der Waals surface area contributed by atoms with E-state index in [1.807, 2.05) is 4.90 Å². The molecule has 3 rings (SSSR count). The van der Waals surface area contributed by atoms with Crippen molar-refractivity contribution in [3.05, 3.63) is 35.9 Å². The van der Waals surface area contributed by atoms with Gasteiger partial charge >= 0.3 is 12.2 Å². The number of nitrogens with zero attached hydrogens (tertiary/aromatic N) is 4. The van der Waals surface area contributed by atoms with E-state index in [0.717, 1.165) is 24.3 Å². The van der Waals surface area contributed by atoms with Crippen LogP contribution in [0.25, 0.3) is 0 Å². The number of sulfonamides is 1. The highest BCUT2D eigenvalue weighted by Gasteiger charge is 2.33. The lowest BCUT2D eigenvalue weighted by Gasteiger charge is -2.34. The minimum absolute atomic E-state index is 0.124. The number of piperazine rings is 1. The lowest BCUT2D eigenvalue weighted by molar-refractivity contribution is -0.137. The Morgan fingerprint density at radius 2 is 1.59 bits per heavy atom. The Balaban J connectivity index is 1.73. The van der Waals surface area contributed by atoms with Crippen molar-refractivity contribution < 1.29 is 31.1 Å². The van der Waals surface area contributed by atoms with Gasteiger partial charge in [-0.2, -0.15) is 27.4 Å². The molecule has 0 amide bonds. The van der Waals surface area contributed by atoms with Crippen LogP contribution in [0.15, 0.2) is 35.2 Å². The molecule has 2 aromatic rings. The van der Waals surface area contributed by atoms with E-state index in [1.165, 1.54) is 18.5 Å². The maximum absolute atomic E-state index is 12.8. The summed E-state index contributed by atoms with van der Waals surface area (Å²) in [7, 11) is -1.02. The molecule has 1 aromatic heterocycles. The Bertz CT molecular complexity index is 937. The molecule has 0 radical (unpaired) electrons. The monoisotopic (exact) mass is 432 g/mol. The van der Waals surface area contributed by atoms with Gasteiger partial charge < -0.3 is 14.4 Å². The molecule has 1 aromatic carbocycles. The van der Waals surface area contributed by atoms with Gasteiger partial charge in [-0.25, -0.2) is 8.42 Å². The molecule has 158 valence electrons. The van der Waals surface area contributed by atoms with Crippen LogP contribution in [0, 0.1) is 0 Å². The van der Waals surface area contributed by atoms with Gasteiger partial charge in [-0.1, -0.05) is 0 Å². The van der Waals surface area contributed by atoms with Gasteiger partial charge in [0, 0.05) is 32.2 Å². The first-order valence-electron chi connectivity index (χ1n) is 8.54. The van der Waals surface area contributed by atoms with Crippen LogP contribution in [-0.2, 0) is 16.2 Å². The van der Waals surface area contributed by atoms with Crippen LogP contribution in [0.5, 0.6) is 11.9 Å². The highest BCUT2D eigenvalue weighted by Crippen LogP contribution is 2.30. The Morgan fingerprint density at radius 1 is 0.966 bits per heavy atom. The molecule has 0 atom stereocenters. The number of hydrogen-bond acceptors (Lipinski definition) is 7. The minimum atomic E-state index is -4.52. The topological polar surface area (TPSA) is 84.9 Å². The van der Waals surface area contributed by atoms with Gasteiger partial charge in [0.2, 0.25) is 15.9 Å². The summed E-state index contributed by atoms with van der Waals surface area (Å²) in [6.45, 7) is 0.975. The fourth-order valence-corrected chi connectivity index (χ4v) is 4.29. The van der Waals surface area contributed by atoms with E-state index in [9.17, 15) is 21.6 Å². The van der Waals surface area contributed by atoms with E-state index in [2.05, 4.69) is 9.97 Å². The van der Waals surface area contributed by atoms with Gasteiger partial charge in [0.1, 0.15) is 5.82 Å². The first-order chi connectivity index (χ1) is 13.6. The molecule has 29 heavy (non-hydrogen) atoms. The van der Waals surface area contributed by atoms with Crippen molar-refractivity contribution >= 4 is 15.8 Å². The zero-order valence-corrected chi connectivity index (χ0v) is 16.5. The van der Waals surface area contributed by atoms with Crippen molar-refractivity contribution in [1.29, 1.82) is 0 Å². The van der Waals surface area contributed by atoms with Crippen molar-refractivity contribution in [2.45, 2.75) is 11.1 Å². The first kappa shape index (κ1) is 21.1. The highest BCUT2D eigenvalue weighted by molar-refractivity contribution is 7.89. The van der Waals surface area contributed by atoms with E-state index >= 15 is 0 Å². The number of ether oxygens (including phenoxy) is 2. The van der Waals surface area contributed by atoms with Crippen molar-refractivity contribution in [1.82, 2.24) is 14.3 Å². The third-order valence-electron chi connectivity index (χ3n) is 4.44. The third-order valence-corrected chi connectivity index (χ3v) is 6.36. The summed E-state index contributed by atoms with van der Waals surface area (Å²) in [6, 6.07) is 5.22. The molecule has 1 saturated heterocycles. The predicted octanol–water partition coefficient (Wildman–Crippen LogP) is 2.02. The van der Waals surface area contributed by atoms with E-state index in [1.54, 1.807) is 6.07 Å². The summed E-state index contributed by atoms with van der Waals surface area (Å²) >= 11 is 0.